The minimum absolute atomic E-state index is 0.337. The van der Waals surface area contributed by atoms with E-state index in [-0.39, 0.29) is 0 Å². The Balaban J connectivity index is 2.57. The van der Waals surface area contributed by atoms with Crippen molar-refractivity contribution in [1.29, 1.82) is 0 Å². The Bertz CT molecular complexity index is 193. The van der Waals surface area contributed by atoms with E-state index < -0.39 is 0 Å². The van der Waals surface area contributed by atoms with Gasteiger partial charge in [-0.2, -0.15) is 0 Å². The van der Waals surface area contributed by atoms with Gasteiger partial charge in [0.05, 0.1) is 0 Å². The van der Waals surface area contributed by atoms with Crippen LogP contribution >= 0.6 is 0 Å². The average molecular weight is 227 g/mol. The molecule has 3 heteroatoms. The summed E-state index contributed by atoms with van der Waals surface area (Å²) >= 11 is 0. The minimum Gasteiger partial charge on any atom is -0.330 e. The van der Waals surface area contributed by atoms with Crippen LogP contribution in [0.3, 0.4) is 0 Å². The van der Waals surface area contributed by atoms with Gasteiger partial charge in [-0.15, -0.1) is 0 Å². The largest absolute Gasteiger partial charge is 0.330 e. The molecular weight excluding hydrogens is 198 g/mol. The molecule has 0 bridgehead atoms. The van der Waals surface area contributed by atoms with E-state index in [0.29, 0.717) is 11.5 Å². The molecule has 1 rings (SSSR count). The standard InChI is InChI=1S/C13H29N3/c1-5-13(6-2,10-14)11-16-8-7-15(4)9-12(16)3/h12H,5-11,14H2,1-4H3. The number of nitrogens with two attached hydrogens (primary N) is 1. The summed E-state index contributed by atoms with van der Waals surface area (Å²) in [5, 5.41) is 0. The lowest BCUT2D eigenvalue weighted by Gasteiger charge is -2.43. The van der Waals surface area contributed by atoms with Crippen molar-refractivity contribution in [3.05, 3.63) is 0 Å². The number of rotatable bonds is 5. The topological polar surface area (TPSA) is 32.5 Å². The van der Waals surface area contributed by atoms with Crippen molar-refractivity contribution in [2.75, 3.05) is 39.8 Å². The van der Waals surface area contributed by atoms with Crippen molar-refractivity contribution in [2.45, 2.75) is 39.7 Å². The van der Waals surface area contributed by atoms with Gasteiger partial charge in [0.1, 0.15) is 0 Å². The van der Waals surface area contributed by atoms with Gasteiger partial charge < -0.3 is 10.6 Å². The highest BCUT2D eigenvalue weighted by molar-refractivity contribution is 4.86. The van der Waals surface area contributed by atoms with E-state index in [4.69, 9.17) is 5.73 Å². The predicted molar refractivity (Wildman–Crippen MR) is 70.6 cm³/mol. The first kappa shape index (κ1) is 13.9. The number of piperazine rings is 1. The Morgan fingerprint density at radius 2 is 1.88 bits per heavy atom. The zero-order chi connectivity index (χ0) is 12.2. The van der Waals surface area contributed by atoms with Gasteiger partial charge in [-0.3, -0.25) is 4.90 Å². The lowest BCUT2D eigenvalue weighted by molar-refractivity contribution is 0.0530. The van der Waals surface area contributed by atoms with Crippen molar-refractivity contribution >= 4 is 0 Å². The van der Waals surface area contributed by atoms with E-state index in [1.54, 1.807) is 0 Å². The first-order chi connectivity index (χ1) is 7.56. The van der Waals surface area contributed by atoms with Crippen molar-refractivity contribution < 1.29 is 0 Å². The van der Waals surface area contributed by atoms with E-state index in [1.807, 2.05) is 0 Å². The van der Waals surface area contributed by atoms with E-state index in [1.165, 1.54) is 39.0 Å². The van der Waals surface area contributed by atoms with E-state index in [0.717, 1.165) is 6.54 Å². The van der Waals surface area contributed by atoms with Gasteiger partial charge >= 0.3 is 0 Å². The molecular formula is C13H29N3. The molecule has 3 nitrogen and oxygen atoms in total. The van der Waals surface area contributed by atoms with Crippen LogP contribution in [0.15, 0.2) is 0 Å². The van der Waals surface area contributed by atoms with E-state index in [9.17, 15) is 0 Å². The molecule has 1 fully saturated rings. The molecule has 96 valence electrons. The summed E-state index contributed by atoms with van der Waals surface area (Å²) in [5.41, 5.74) is 6.32. The maximum atomic E-state index is 5.98. The number of likely N-dealkylation sites (N-methyl/N-ethyl adjacent to an activating group) is 1. The SMILES string of the molecule is CCC(CC)(CN)CN1CCN(C)CC1C. The Morgan fingerprint density at radius 3 is 2.31 bits per heavy atom. The van der Waals surface area contributed by atoms with Crippen molar-refractivity contribution in [1.82, 2.24) is 9.80 Å². The zero-order valence-corrected chi connectivity index (χ0v) is 11.5. The molecule has 0 aliphatic carbocycles. The van der Waals surface area contributed by atoms with Crippen LogP contribution in [0.1, 0.15) is 33.6 Å². The van der Waals surface area contributed by atoms with Crippen LogP contribution in [-0.4, -0.2) is 55.6 Å². The molecule has 1 unspecified atom stereocenters. The lowest BCUT2D eigenvalue weighted by atomic mass is 9.81. The number of hydrogen-bond acceptors (Lipinski definition) is 3. The maximum Gasteiger partial charge on any atom is 0.0195 e. The lowest BCUT2D eigenvalue weighted by Crippen LogP contribution is -2.54. The summed E-state index contributed by atoms with van der Waals surface area (Å²) in [6.45, 7) is 12.5. The first-order valence-corrected chi connectivity index (χ1v) is 6.69. The molecule has 0 aromatic carbocycles. The maximum absolute atomic E-state index is 5.98. The monoisotopic (exact) mass is 227 g/mol. The van der Waals surface area contributed by atoms with Crippen LogP contribution < -0.4 is 5.73 Å². The van der Waals surface area contributed by atoms with Crippen LogP contribution in [0.5, 0.6) is 0 Å². The molecule has 1 aliphatic rings. The quantitative estimate of drug-likeness (QED) is 0.770. The van der Waals surface area contributed by atoms with Gasteiger partial charge in [-0.25, -0.2) is 0 Å². The Hall–Kier alpha value is -0.120. The van der Waals surface area contributed by atoms with Crippen molar-refractivity contribution in [2.24, 2.45) is 11.1 Å². The molecule has 1 heterocycles. The summed E-state index contributed by atoms with van der Waals surface area (Å²) in [6, 6.07) is 0.669. The second kappa shape index (κ2) is 5.99. The fraction of sp³-hybridized carbons (Fsp3) is 1.00. The highest BCUT2D eigenvalue weighted by Gasteiger charge is 2.31. The zero-order valence-electron chi connectivity index (χ0n) is 11.5. The fourth-order valence-electron chi connectivity index (χ4n) is 2.67. The fourth-order valence-corrected chi connectivity index (χ4v) is 2.67. The molecule has 16 heavy (non-hydrogen) atoms. The summed E-state index contributed by atoms with van der Waals surface area (Å²) in [6.07, 6.45) is 2.39. The van der Waals surface area contributed by atoms with Crippen LogP contribution in [0.2, 0.25) is 0 Å². The highest BCUT2D eigenvalue weighted by atomic mass is 15.3. The van der Waals surface area contributed by atoms with E-state index in [2.05, 4.69) is 37.6 Å². The Morgan fingerprint density at radius 1 is 1.25 bits per heavy atom. The summed E-state index contributed by atoms with van der Waals surface area (Å²) in [4.78, 5) is 5.04. The number of hydrogen-bond donors (Lipinski definition) is 1. The molecule has 1 atom stereocenters. The smallest absolute Gasteiger partial charge is 0.0195 e. The summed E-state index contributed by atoms with van der Waals surface area (Å²) in [5.74, 6) is 0. The Labute approximate surface area is 101 Å². The minimum atomic E-state index is 0.337. The van der Waals surface area contributed by atoms with Gasteiger partial charge in [0.2, 0.25) is 0 Å². The molecule has 0 radical (unpaired) electrons. The van der Waals surface area contributed by atoms with Crippen LogP contribution in [0.4, 0.5) is 0 Å². The van der Waals surface area contributed by atoms with Gasteiger partial charge in [-0.1, -0.05) is 13.8 Å². The van der Waals surface area contributed by atoms with Crippen molar-refractivity contribution in [3.8, 4) is 0 Å². The van der Waals surface area contributed by atoms with Gasteiger partial charge in [-0.05, 0) is 38.8 Å². The predicted octanol–water partition coefficient (Wildman–Crippen LogP) is 1.39. The molecule has 0 spiro atoms. The molecule has 0 amide bonds. The van der Waals surface area contributed by atoms with Gasteiger partial charge in [0, 0.05) is 32.2 Å². The summed E-state index contributed by atoms with van der Waals surface area (Å²) in [7, 11) is 2.21. The second-order valence-electron chi connectivity index (χ2n) is 5.49. The Kier molecular flexibility index (Phi) is 5.22. The molecule has 0 aromatic heterocycles. The third kappa shape index (κ3) is 3.19. The first-order valence-electron chi connectivity index (χ1n) is 6.69. The third-order valence-corrected chi connectivity index (χ3v) is 4.44. The van der Waals surface area contributed by atoms with Crippen LogP contribution in [0, 0.1) is 5.41 Å². The van der Waals surface area contributed by atoms with Gasteiger partial charge in [0.25, 0.3) is 0 Å². The molecule has 1 aliphatic heterocycles. The second-order valence-corrected chi connectivity index (χ2v) is 5.49. The van der Waals surface area contributed by atoms with Crippen molar-refractivity contribution in [3.63, 3.8) is 0 Å². The molecule has 2 N–H and O–H groups in total. The molecule has 1 saturated heterocycles. The average Bonchev–Trinajstić information content (AvgIpc) is 2.29. The third-order valence-electron chi connectivity index (χ3n) is 4.44. The molecule has 0 aromatic rings. The summed E-state index contributed by atoms with van der Waals surface area (Å²) < 4.78 is 0. The number of nitrogens with zero attached hydrogens (tertiary/aromatic N) is 2. The van der Waals surface area contributed by atoms with Gasteiger partial charge in [0.15, 0.2) is 0 Å². The normalized spacial score (nSPS) is 24.9. The van der Waals surface area contributed by atoms with E-state index >= 15 is 0 Å². The molecule has 0 saturated carbocycles. The van der Waals surface area contributed by atoms with Crippen LogP contribution in [-0.2, 0) is 0 Å². The highest BCUT2D eigenvalue weighted by Crippen LogP contribution is 2.27. The van der Waals surface area contributed by atoms with Crippen LogP contribution in [0.25, 0.3) is 0 Å².